The third kappa shape index (κ3) is 4.07. The molecule has 5 rings (SSSR count). The molecule has 0 bridgehead atoms. The predicted octanol–water partition coefficient (Wildman–Crippen LogP) is 3.36. The predicted molar refractivity (Wildman–Crippen MR) is 125 cm³/mol. The Labute approximate surface area is 198 Å². The first kappa shape index (κ1) is 22.5. The number of rotatable bonds is 5. The van der Waals surface area contributed by atoms with Crippen LogP contribution in [-0.4, -0.2) is 55.0 Å². The highest BCUT2D eigenvalue weighted by molar-refractivity contribution is 7.89. The fourth-order valence-electron chi connectivity index (χ4n) is 4.43. The molecule has 1 saturated heterocycles. The summed E-state index contributed by atoms with van der Waals surface area (Å²) in [5.74, 6) is 1.16. The summed E-state index contributed by atoms with van der Waals surface area (Å²) in [7, 11) is -3.60. The first-order valence-corrected chi connectivity index (χ1v) is 12.8. The molecule has 3 aromatic rings. The SMILES string of the molecule is CCN1C(=O)COc2ccc(-c3noc([C@@H]4CCCN(S(=O)(=O)c5ccc(C)cc5)C4)n3)cc21. The van der Waals surface area contributed by atoms with Gasteiger partial charge in [0.25, 0.3) is 5.91 Å². The van der Waals surface area contributed by atoms with Crippen LogP contribution in [0.5, 0.6) is 5.75 Å². The maximum absolute atomic E-state index is 13.1. The number of hydrogen-bond acceptors (Lipinski definition) is 7. The van der Waals surface area contributed by atoms with Gasteiger partial charge in [0.1, 0.15) is 5.75 Å². The molecule has 2 aliphatic rings. The Morgan fingerprint density at radius 2 is 1.94 bits per heavy atom. The van der Waals surface area contributed by atoms with E-state index in [9.17, 15) is 13.2 Å². The molecule has 1 amide bonds. The lowest BCUT2D eigenvalue weighted by Gasteiger charge is -2.30. The van der Waals surface area contributed by atoms with E-state index in [-0.39, 0.29) is 29.9 Å². The minimum atomic E-state index is -3.60. The average molecular weight is 483 g/mol. The highest BCUT2D eigenvalue weighted by Gasteiger charge is 2.33. The number of nitrogens with zero attached hydrogens (tertiary/aromatic N) is 4. The Morgan fingerprint density at radius 3 is 2.71 bits per heavy atom. The van der Waals surface area contributed by atoms with Crippen molar-refractivity contribution in [2.24, 2.45) is 0 Å². The van der Waals surface area contributed by atoms with Crippen LogP contribution in [0, 0.1) is 6.92 Å². The van der Waals surface area contributed by atoms with E-state index in [1.54, 1.807) is 35.2 Å². The van der Waals surface area contributed by atoms with E-state index < -0.39 is 10.0 Å². The molecule has 0 aliphatic carbocycles. The van der Waals surface area contributed by atoms with E-state index in [0.717, 1.165) is 12.0 Å². The number of benzene rings is 2. The van der Waals surface area contributed by atoms with Crippen molar-refractivity contribution in [3.8, 4) is 17.1 Å². The third-order valence-corrected chi connectivity index (χ3v) is 8.19. The van der Waals surface area contributed by atoms with Crippen molar-refractivity contribution in [2.45, 2.75) is 37.5 Å². The lowest BCUT2D eigenvalue weighted by molar-refractivity contribution is -0.121. The van der Waals surface area contributed by atoms with E-state index >= 15 is 0 Å². The van der Waals surface area contributed by atoms with Crippen LogP contribution in [0.25, 0.3) is 11.4 Å². The maximum Gasteiger partial charge on any atom is 0.265 e. The molecule has 0 radical (unpaired) electrons. The van der Waals surface area contributed by atoms with E-state index in [2.05, 4.69) is 10.1 Å². The smallest absolute Gasteiger partial charge is 0.265 e. The molecule has 178 valence electrons. The number of hydrogen-bond donors (Lipinski definition) is 0. The van der Waals surface area contributed by atoms with Crippen LogP contribution in [0.1, 0.15) is 37.1 Å². The van der Waals surface area contributed by atoms with Gasteiger partial charge in [-0.2, -0.15) is 9.29 Å². The number of carbonyl (C=O) groups excluding carboxylic acids is 1. The second-order valence-electron chi connectivity index (χ2n) is 8.58. The van der Waals surface area contributed by atoms with Crippen molar-refractivity contribution in [1.29, 1.82) is 0 Å². The topological polar surface area (TPSA) is 106 Å². The number of ether oxygens (including phenoxy) is 1. The Bertz CT molecular complexity index is 1320. The molecule has 9 nitrogen and oxygen atoms in total. The van der Waals surface area contributed by atoms with Crippen LogP contribution >= 0.6 is 0 Å². The monoisotopic (exact) mass is 482 g/mol. The summed E-state index contributed by atoms with van der Waals surface area (Å²) in [6.45, 7) is 5.13. The molecule has 2 aromatic carbocycles. The van der Waals surface area contributed by atoms with Gasteiger partial charge in [-0.15, -0.1) is 0 Å². The van der Waals surface area contributed by atoms with Gasteiger partial charge in [-0.25, -0.2) is 8.42 Å². The molecule has 1 atom stereocenters. The van der Waals surface area contributed by atoms with E-state index in [0.29, 0.717) is 48.2 Å². The number of aromatic nitrogens is 2. The average Bonchev–Trinajstić information content (AvgIpc) is 3.34. The van der Waals surface area contributed by atoms with Crippen molar-refractivity contribution in [3.63, 3.8) is 0 Å². The number of anilines is 1. The summed E-state index contributed by atoms with van der Waals surface area (Å²) >= 11 is 0. The Morgan fingerprint density at radius 1 is 1.15 bits per heavy atom. The second kappa shape index (κ2) is 8.84. The molecule has 34 heavy (non-hydrogen) atoms. The standard InChI is InChI=1S/C24H26N4O5S/c1-3-28-20-13-17(8-11-21(20)32-15-22(28)29)23-25-24(33-26-23)18-5-4-12-27(14-18)34(30,31)19-9-6-16(2)7-10-19/h6-11,13,18H,3-5,12,14-15H2,1-2H3/t18-/m1/s1. The maximum atomic E-state index is 13.1. The molecular formula is C24H26N4O5S. The van der Waals surface area contributed by atoms with Gasteiger partial charge in [-0.05, 0) is 57.0 Å². The van der Waals surface area contributed by atoms with Gasteiger partial charge in [-0.1, -0.05) is 22.9 Å². The fourth-order valence-corrected chi connectivity index (χ4v) is 5.95. The molecular weight excluding hydrogens is 456 g/mol. The van der Waals surface area contributed by atoms with Gasteiger partial charge >= 0.3 is 0 Å². The van der Waals surface area contributed by atoms with Gasteiger partial charge in [0.2, 0.25) is 21.7 Å². The van der Waals surface area contributed by atoms with Gasteiger partial charge in [0.05, 0.1) is 16.5 Å². The van der Waals surface area contributed by atoms with Gasteiger partial charge in [-0.3, -0.25) is 4.79 Å². The fraction of sp³-hybridized carbons (Fsp3) is 0.375. The summed E-state index contributed by atoms with van der Waals surface area (Å²) in [5.41, 5.74) is 2.38. The largest absolute Gasteiger partial charge is 0.482 e. The van der Waals surface area contributed by atoms with Crippen molar-refractivity contribution in [2.75, 3.05) is 31.1 Å². The van der Waals surface area contributed by atoms with Crippen LogP contribution in [-0.2, 0) is 14.8 Å². The Balaban J connectivity index is 1.37. The lowest BCUT2D eigenvalue weighted by atomic mass is 10.00. The first-order valence-electron chi connectivity index (χ1n) is 11.3. The van der Waals surface area contributed by atoms with Crippen LogP contribution in [0.3, 0.4) is 0 Å². The third-order valence-electron chi connectivity index (χ3n) is 6.31. The zero-order chi connectivity index (χ0) is 23.9. The number of aryl methyl sites for hydroxylation is 1. The van der Waals surface area contributed by atoms with E-state index in [1.165, 1.54) is 4.31 Å². The zero-order valence-electron chi connectivity index (χ0n) is 19.1. The van der Waals surface area contributed by atoms with E-state index in [4.69, 9.17) is 9.26 Å². The Hall–Kier alpha value is -3.24. The number of sulfonamides is 1. The number of piperidine rings is 1. The highest BCUT2D eigenvalue weighted by atomic mass is 32.2. The molecule has 2 aliphatic heterocycles. The lowest BCUT2D eigenvalue weighted by Crippen LogP contribution is -2.39. The molecule has 1 aromatic heterocycles. The molecule has 10 heteroatoms. The first-order chi connectivity index (χ1) is 16.4. The van der Waals surface area contributed by atoms with E-state index in [1.807, 2.05) is 26.0 Å². The number of carbonyl (C=O) groups is 1. The molecule has 1 fully saturated rings. The van der Waals surface area contributed by atoms with Crippen LogP contribution in [0.2, 0.25) is 0 Å². The van der Waals surface area contributed by atoms with Crippen LogP contribution in [0.4, 0.5) is 5.69 Å². The number of amides is 1. The van der Waals surface area contributed by atoms with Gasteiger partial charge in [0.15, 0.2) is 6.61 Å². The summed E-state index contributed by atoms with van der Waals surface area (Å²) in [4.78, 5) is 18.7. The molecule has 3 heterocycles. The zero-order valence-corrected chi connectivity index (χ0v) is 19.9. The number of likely N-dealkylation sites (N-methyl/N-ethyl adjacent to an activating group) is 1. The minimum Gasteiger partial charge on any atom is -0.482 e. The molecule has 0 spiro atoms. The Kier molecular flexibility index (Phi) is 5.86. The minimum absolute atomic E-state index is 0.0240. The molecule has 0 saturated carbocycles. The van der Waals surface area contributed by atoms with Gasteiger partial charge < -0.3 is 14.2 Å². The van der Waals surface area contributed by atoms with Crippen molar-refractivity contribution in [3.05, 3.63) is 53.9 Å². The second-order valence-corrected chi connectivity index (χ2v) is 10.5. The quantitative estimate of drug-likeness (QED) is 0.549. The van der Waals surface area contributed by atoms with Crippen molar-refractivity contribution < 1.29 is 22.5 Å². The highest BCUT2D eigenvalue weighted by Crippen LogP contribution is 2.36. The van der Waals surface area contributed by atoms with Crippen LogP contribution in [0.15, 0.2) is 51.9 Å². The van der Waals surface area contributed by atoms with Gasteiger partial charge in [0, 0.05) is 25.2 Å². The normalized spacial score (nSPS) is 19.1. The molecule has 0 N–H and O–H groups in total. The molecule has 0 unspecified atom stereocenters. The summed E-state index contributed by atoms with van der Waals surface area (Å²) < 4.78 is 38.9. The summed E-state index contributed by atoms with van der Waals surface area (Å²) in [5, 5.41) is 4.14. The number of fused-ring (bicyclic) bond motifs is 1. The van der Waals surface area contributed by atoms with Crippen molar-refractivity contribution >= 4 is 21.6 Å². The summed E-state index contributed by atoms with van der Waals surface area (Å²) in [6.07, 6.45) is 1.47. The van der Waals surface area contributed by atoms with Crippen molar-refractivity contribution in [1.82, 2.24) is 14.4 Å². The summed E-state index contributed by atoms with van der Waals surface area (Å²) in [6, 6.07) is 12.3. The van der Waals surface area contributed by atoms with Crippen LogP contribution < -0.4 is 9.64 Å².